The molecule has 1 aliphatic rings. The number of carbonyl (C=O) groups excluding carboxylic acids is 1. The summed E-state index contributed by atoms with van der Waals surface area (Å²) in [6.45, 7) is 4.37. The molecule has 1 N–H and O–H groups in total. The molecule has 140 valence electrons. The van der Waals surface area contributed by atoms with E-state index in [4.69, 9.17) is 0 Å². The molecular weight excluding hydrogens is 354 g/mol. The van der Waals surface area contributed by atoms with E-state index in [9.17, 15) is 13.2 Å². The summed E-state index contributed by atoms with van der Waals surface area (Å²) in [5, 5.41) is 7.82. The number of hydrogen-bond donors (Lipinski definition) is 1. The van der Waals surface area contributed by atoms with Crippen LogP contribution in [0.4, 0.5) is 0 Å². The van der Waals surface area contributed by atoms with E-state index in [1.54, 1.807) is 23.4 Å². The Bertz CT molecular complexity index is 872. The zero-order valence-corrected chi connectivity index (χ0v) is 15.6. The second-order valence-corrected chi connectivity index (χ2v) is 7.98. The van der Waals surface area contributed by atoms with Gasteiger partial charge >= 0.3 is 0 Å². The first kappa shape index (κ1) is 18.5. The minimum Gasteiger partial charge on any atom is -0.339 e. The number of rotatable bonds is 7. The van der Waals surface area contributed by atoms with Gasteiger partial charge in [0.05, 0.1) is 4.90 Å². The van der Waals surface area contributed by atoms with Crippen LogP contribution in [0.5, 0.6) is 0 Å². The van der Waals surface area contributed by atoms with Gasteiger partial charge in [-0.25, -0.2) is 13.1 Å². The summed E-state index contributed by atoms with van der Waals surface area (Å²) in [6, 6.07) is 6.20. The first-order valence-electron chi connectivity index (χ1n) is 8.77. The standard InChI is InChI=1S/C17H23N5O3S/c1-2-21-13-18-20-16(21)8-9-19-26(24,25)15-7-5-6-14(12-15)17(23)22-10-3-4-11-22/h5-7,12-13,19H,2-4,8-11H2,1H3. The zero-order valence-electron chi connectivity index (χ0n) is 14.8. The Labute approximate surface area is 153 Å². The van der Waals surface area contributed by atoms with Crippen molar-refractivity contribution in [3.63, 3.8) is 0 Å². The van der Waals surface area contributed by atoms with Gasteiger partial charge < -0.3 is 9.47 Å². The third-order valence-corrected chi connectivity index (χ3v) is 5.92. The molecule has 1 fully saturated rings. The van der Waals surface area contributed by atoms with Gasteiger partial charge in [-0.2, -0.15) is 0 Å². The van der Waals surface area contributed by atoms with Crippen molar-refractivity contribution < 1.29 is 13.2 Å². The molecule has 3 rings (SSSR count). The van der Waals surface area contributed by atoms with Crippen molar-refractivity contribution >= 4 is 15.9 Å². The van der Waals surface area contributed by atoms with Gasteiger partial charge in [0.1, 0.15) is 12.2 Å². The van der Waals surface area contributed by atoms with E-state index < -0.39 is 10.0 Å². The molecule has 0 radical (unpaired) electrons. The van der Waals surface area contributed by atoms with Crippen molar-refractivity contribution in [3.05, 3.63) is 42.0 Å². The van der Waals surface area contributed by atoms with Crippen molar-refractivity contribution in [2.45, 2.75) is 37.6 Å². The van der Waals surface area contributed by atoms with Gasteiger partial charge in [-0.3, -0.25) is 4.79 Å². The molecule has 8 nitrogen and oxygen atoms in total. The summed E-state index contributed by atoms with van der Waals surface area (Å²) in [5.74, 6) is 0.615. The monoisotopic (exact) mass is 377 g/mol. The fourth-order valence-electron chi connectivity index (χ4n) is 3.02. The Morgan fingerprint density at radius 1 is 1.27 bits per heavy atom. The molecule has 0 unspecified atom stereocenters. The fourth-order valence-corrected chi connectivity index (χ4v) is 4.09. The minimum absolute atomic E-state index is 0.0968. The number of carbonyl (C=O) groups is 1. The number of aryl methyl sites for hydroxylation is 1. The number of sulfonamides is 1. The van der Waals surface area contributed by atoms with Crippen LogP contribution in [0.2, 0.25) is 0 Å². The van der Waals surface area contributed by atoms with E-state index in [-0.39, 0.29) is 17.3 Å². The lowest BCUT2D eigenvalue weighted by Gasteiger charge is -2.15. The van der Waals surface area contributed by atoms with E-state index >= 15 is 0 Å². The molecule has 1 aliphatic heterocycles. The van der Waals surface area contributed by atoms with Crippen molar-refractivity contribution in [2.75, 3.05) is 19.6 Å². The Morgan fingerprint density at radius 3 is 2.77 bits per heavy atom. The molecule has 1 aromatic carbocycles. The van der Waals surface area contributed by atoms with Crippen LogP contribution in [-0.4, -0.2) is 53.6 Å². The quantitative estimate of drug-likeness (QED) is 0.778. The molecule has 0 aliphatic carbocycles. The molecule has 0 saturated carbocycles. The largest absolute Gasteiger partial charge is 0.339 e. The number of likely N-dealkylation sites (tertiary alicyclic amines) is 1. The lowest BCUT2D eigenvalue weighted by Crippen LogP contribution is -2.29. The maximum atomic E-state index is 12.5. The Hall–Kier alpha value is -2.26. The molecule has 0 bridgehead atoms. The van der Waals surface area contributed by atoms with Gasteiger partial charge in [-0.1, -0.05) is 6.07 Å². The van der Waals surface area contributed by atoms with Crippen LogP contribution >= 0.6 is 0 Å². The highest BCUT2D eigenvalue weighted by Gasteiger charge is 2.21. The van der Waals surface area contributed by atoms with E-state index in [0.717, 1.165) is 38.3 Å². The second-order valence-electron chi connectivity index (χ2n) is 6.21. The normalized spacial score (nSPS) is 14.7. The van der Waals surface area contributed by atoms with Crippen LogP contribution in [0.25, 0.3) is 0 Å². The van der Waals surface area contributed by atoms with Gasteiger partial charge in [0.25, 0.3) is 5.91 Å². The van der Waals surface area contributed by atoms with Crippen LogP contribution in [0, 0.1) is 0 Å². The highest BCUT2D eigenvalue weighted by molar-refractivity contribution is 7.89. The van der Waals surface area contributed by atoms with Crippen LogP contribution in [-0.2, 0) is 23.0 Å². The van der Waals surface area contributed by atoms with Gasteiger partial charge in [0.2, 0.25) is 10.0 Å². The average Bonchev–Trinajstić information content (AvgIpc) is 3.33. The molecule has 1 amide bonds. The van der Waals surface area contributed by atoms with E-state index in [2.05, 4.69) is 14.9 Å². The number of hydrogen-bond acceptors (Lipinski definition) is 5. The summed E-state index contributed by atoms with van der Waals surface area (Å²) in [7, 11) is -3.69. The number of nitrogens with one attached hydrogen (secondary N) is 1. The van der Waals surface area contributed by atoms with Crippen molar-refractivity contribution in [1.29, 1.82) is 0 Å². The molecule has 9 heteroatoms. The van der Waals surface area contributed by atoms with Crippen LogP contribution in [0.1, 0.15) is 35.9 Å². The van der Waals surface area contributed by atoms with Gasteiger partial charge in [-0.05, 0) is 38.0 Å². The third kappa shape index (κ3) is 4.10. The third-order valence-electron chi connectivity index (χ3n) is 4.46. The maximum Gasteiger partial charge on any atom is 0.253 e. The van der Waals surface area contributed by atoms with Gasteiger partial charge in [0.15, 0.2) is 0 Å². The van der Waals surface area contributed by atoms with Crippen molar-refractivity contribution in [1.82, 2.24) is 24.4 Å². The fraction of sp³-hybridized carbons (Fsp3) is 0.471. The predicted molar refractivity (Wildman–Crippen MR) is 96.2 cm³/mol. The highest BCUT2D eigenvalue weighted by atomic mass is 32.2. The molecule has 0 spiro atoms. The van der Waals surface area contributed by atoms with Gasteiger partial charge in [0, 0.05) is 38.2 Å². The summed E-state index contributed by atoms with van der Waals surface area (Å²) in [6.07, 6.45) is 4.05. The van der Waals surface area contributed by atoms with E-state index in [1.165, 1.54) is 12.1 Å². The van der Waals surface area contributed by atoms with E-state index in [0.29, 0.717) is 12.0 Å². The Kier molecular flexibility index (Phi) is 5.67. The summed E-state index contributed by atoms with van der Waals surface area (Å²) >= 11 is 0. The predicted octanol–water partition coefficient (Wildman–Crippen LogP) is 1.05. The smallest absolute Gasteiger partial charge is 0.253 e. The molecule has 2 aromatic rings. The van der Waals surface area contributed by atoms with Crippen molar-refractivity contribution in [3.8, 4) is 0 Å². The molecule has 1 aromatic heterocycles. The number of aromatic nitrogens is 3. The Balaban J connectivity index is 1.67. The van der Waals surface area contributed by atoms with E-state index in [1.807, 2.05) is 11.5 Å². The summed E-state index contributed by atoms with van der Waals surface area (Å²) in [5.41, 5.74) is 0.403. The Morgan fingerprint density at radius 2 is 2.04 bits per heavy atom. The SMILES string of the molecule is CCn1cnnc1CCNS(=O)(=O)c1cccc(C(=O)N2CCCC2)c1. The molecule has 0 atom stereocenters. The number of nitrogens with zero attached hydrogens (tertiary/aromatic N) is 4. The van der Waals surface area contributed by atoms with Crippen LogP contribution < -0.4 is 4.72 Å². The van der Waals surface area contributed by atoms with Crippen LogP contribution in [0.15, 0.2) is 35.5 Å². The topological polar surface area (TPSA) is 97.2 Å². The zero-order chi connectivity index (χ0) is 18.6. The maximum absolute atomic E-state index is 12.5. The molecule has 2 heterocycles. The van der Waals surface area contributed by atoms with Crippen molar-refractivity contribution in [2.24, 2.45) is 0 Å². The highest BCUT2D eigenvalue weighted by Crippen LogP contribution is 2.16. The second kappa shape index (κ2) is 7.96. The average molecular weight is 377 g/mol. The van der Waals surface area contributed by atoms with Crippen LogP contribution in [0.3, 0.4) is 0 Å². The number of amides is 1. The number of benzene rings is 1. The lowest BCUT2D eigenvalue weighted by molar-refractivity contribution is 0.0792. The molecular formula is C17H23N5O3S. The molecule has 1 saturated heterocycles. The lowest BCUT2D eigenvalue weighted by atomic mass is 10.2. The molecule has 26 heavy (non-hydrogen) atoms. The first-order chi connectivity index (χ1) is 12.5. The first-order valence-corrected chi connectivity index (χ1v) is 10.3. The minimum atomic E-state index is -3.69. The summed E-state index contributed by atoms with van der Waals surface area (Å²) in [4.78, 5) is 14.3. The van der Waals surface area contributed by atoms with Gasteiger partial charge in [-0.15, -0.1) is 10.2 Å². The summed E-state index contributed by atoms with van der Waals surface area (Å²) < 4.78 is 29.5.